The lowest BCUT2D eigenvalue weighted by atomic mass is 10.1. The number of rotatable bonds is 5. The van der Waals surface area contributed by atoms with Gasteiger partial charge in [0, 0.05) is 13.1 Å². The molecule has 0 aliphatic rings. The first-order chi connectivity index (χ1) is 10.7. The normalized spacial score (nSPS) is 10.8. The van der Waals surface area contributed by atoms with Gasteiger partial charge in [-0.15, -0.1) is 24.0 Å². The zero-order chi connectivity index (χ0) is 15.8. The highest BCUT2D eigenvalue weighted by molar-refractivity contribution is 14.0. The lowest BCUT2D eigenvalue weighted by Crippen LogP contribution is -2.36. The number of halogens is 2. The van der Waals surface area contributed by atoms with Gasteiger partial charge in [-0.05, 0) is 42.7 Å². The van der Waals surface area contributed by atoms with Gasteiger partial charge in [0.05, 0.1) is 6.54 Å². The number of hydrogen-bond acceptors (Lipinski definition) is 1. The van der Waals surface area contributed by atoms with Gasteiger partial charge < -0.3 is 10.6 Å². The molecular weight excluding hydrogens is 404 g/mol. The minimum Gasteiger partial charge on any atom is -0.357 e. The molecule has 2 aromatic carbocycles. The van der Waals surface area contributed by atoms with E-state index < -0.39 is 0 Å². The molecule has 0 amide bonds. The van der Waals surface area contributed by atoms with Gasteiger partial charge in [0.1, 0.15) is 5.82 Å². The molecule has 0 heterocycles. The van der Waals surface area contributed by atoms with Crippen LogP contribution in [0.4, 0.5) is 4.39 Å². The van der Waals surface area contributed by atoms with Crippen LogP contribution in [0, 0.1) is 12.7 Å². The van der Waals surface area contributed by atoms with E-state index in [2.05, 4.69) is 34.7 Å². The number of hydrogen-bond donors (Lipinski definition) is 2. The molecule has 2 N–H and O–H groups in total. The summed E-state index contributed by atoms with van der Waals surface area (Å²) in [6.07, 6.45) is 0. The molecule has 0 saturated carbocycles. The topological polar surface area (TPSA) is 36.4 Å². The smallest absolute Gasteiger partial charge is 0.191 e. The van der Waals surface area contributed by atoms with E-state index in [0.29, 0.717) is 6.54 Å². The number of nitrogens with one attached hydrogen (secondary N) is 2. The average Bonchev–Trinajstić information content (AvgIpc) is 2.53. The molecule has 2 aromatic rings. The van der Waals surface area contributed by atoms with Crippen LogP contribution < -0.4 is 10.6 Å². The van der Waals surface area contributed by atoms with Gasteiger partial charge in [-0.3, -0.25) is 0 Å². The van der Waals surface area contributed by atoms with Crippen molar-refractivity contribution >= 4 is 29.9 Å². The Morgan fingerprint density at radius 2 is 1.74 bits per heavy atom. The van der Waals surface area contributed by atoms with Gasteiger partial charge in [0.15, 0.2) is 5.96 Å². The van der Waals surface area contributed by atoms with E-state index in [9.17, 15) is 4.39 Å². The lowest BCUT2D eigenvalue weighted by molar-refractivity contribution is 0.627. The fourth-order valence-electron chi connectivity index (χ4n) is 2.09. The third-order valence-corrected chi connectivity index (χ3v) is 3.38. The minimum atomic E-state index is -0.225. The van der Waals surface area contributed by atoms with Crippen molar-refractivity contribution in [2.24, 2.45) is 4.99 Å². The number of nitrogens with zero attached hydrogens (tertiary/aromatic N) is 1. The Balaban J connectivity index is 0.00000264. The fourth-order valence-corrected chi connectivity index (χ4v) is 2.09. The molecule has 0 saturated heterocycles. The third-order valence-electron chi connectivity index (χ3n) is 3.38. The van der Waals surface area contributed by atoms with Crippen molar-refractivity contribution in [3.05, 3.63) is 71.0 Å². The highest BCUT2D eigenvalue weighted by atomic mass is 127. The minimum absolute atomic E-state index is 0. The highest BCUT2D eigenvalue weighted by Gasteiger charge is 2.00. The molecule has 2 rings (SSSR count). The van der Waals surface area contributed by atoms with Gasteiger partial charge in [-0.2, -0.15) is 0 Å². The zero-order valence-corrected chi connectivity index (χ0v) is 15.8. The molecule has 0 aliphatic heterocycles. The quantitative estimate of drug-likeness (QED) is 0.430. The largest absolute Gasteiger partial charge is 0.357 e. The molecule has 0 unspecified atom stereocenters. The maximum atomic E-state index is 12.9. The molecule has 0 fully saturated rings. The van der Waals surface area contributed by atoms with E-state index in [1.54, 1.807) is 12.1 Å². The van der Waals surface area contributed by atoms with Gasteiger partial charge in [0.2, 0.25) is 0 Å². The Morgan fingerprint density at radius 1 is 1.04 bits per heavy atom. The average molecular weight is 427 g/mol. The molecule has 0 bridgehead atoms. The molecule has 5 heteroatoms. The first-order valence-electron chi connectivity index (χ1n) is 7.50. The van der Waals surface area contributed by atoms with Gasteiger partial charge >= 0.3 is 0 Å². The third kappa shape index (κ3) is 6.56. The summed E-state index contributed by atoms with van der Waals surface area (Å²) in [5.74, 6) is 0.535. The second kappa shape index (κ2) is 10.2. The van der Waals surface area contributed by atoms with Crippen molar-refractivity contribution in [2.45, 2.75) is 26.9 Å². The van der Waals surface area contributed by atoms with Crippen molar-refractivity contribution in [1.82, 2.24) is 10.6 Å². The summed E-state index contributed by atoms with van der Waals surface area (Å²) in [4.78, 5) is 4.53. The molecule has 3 nitrogen and oxygen atoms in total. The van der Waals surface area contributed by atoms with Crippen molar-refractivity contribution in [2.75, 3.05) is 6.54 Å². The summed E-state index contributed by atoms with van der Waals surface area (Å²) in [5, 5.41) is 6.54. The molecule has 0 aromatic heterocycles. The van der Waals surface area contributed by atoms with Crippen molar-refractivity contribution in [3.63, 3.8) is 0 Å². The first-order valence-corrected chi connectivity index (χ1v) is 7.50. The van der Waals surface area contributed by atoms with E-state index >= 15 is 0 Å². The first kappa shape index (κ1) is 19.4. The molecule has 0 aliphatic carbocycles. The summed E-state index contributed by atoms with van der Waals surface area (Å²) in [7, 11) is 0. The van der Waals surface area contributed by atoms with Crippen LogP contribution in [0.5, 0.6) is 0 Å². The van der Waals surface area contributed by atoms with Crippen molar-refractivity contribution in [3.8, 4) is 0 Å². The van der Waals surface area contributed by atoms with Crippen LogP contribution in [0.3, 0.4) is 0 Å². The number of guanidine groups is 1. The second-order valence-corrected chi connectivity index (χ2v) is 5.10. The molecule has 0 spiro atoms. The Hall–Kier alpha value is -1.63. The predicted octanol–water partition coefficient (Wildman–Crippen LogP) is 4.01. The van der Waals surface area contributed by atoms with Crippen LogP contribution in [0.25, 0.3) is 0 Å². The molecular formula is C18H23FIN3. The summed E-state index contributed by atoms with van der Waals surface area (Å²) >= 11 is 0. The summed E-state index contributed by atoms with van der Waals surface area (Å²) in [6, 6.07) is 14.7. The summed E-state index contributed by atoms with van der Waals surface area (Å²) in [6.45, 7) is 6.16. The van der Waals surface area contributed by atoms with E-state index in [-0.39, 0.29) is 29.8 Å². The zero-order valence-electron chi connectivity index (χ0n) is 13.5. The Labute approximate surface area is 154 Å². The Kier molecular flexibility index (Phi) is 8.61. The van der Waals surface area contributed by atoms with Crippen LogP contribution in [-0.4, -0.2) is 12.5 Å². The lowest BCUT2D eigenvalue weighted by Gasteiger charge is -2.12. The number of aliphatic imine (C=N–C) groups is 1. The molecule has 0 atom stereocenters. The van der Waals surface area contributed by atoms with Crippen molar-refractivity contribution < 1.29 is 4.39 Å². The van der Waals surface area contributed by atoms with Gasteiger partial charge in [0.25, 0.3) is 0 Å². The number of aryl methyl sites for hydroxylation is 1. The Morgan fingerprint density at radius 3 is 2.39 bits per heavy atom. The monoisotopic (exact) mass is 427 g/mol. The van der Waals surface area contributed by atoms with E-state index in [0.717, 1.165) is 24.6 Å². The van der Waals surface area contributed by atoms with Crippen LogP contribution >= 0.6 is 24.0 Å². The Bertz CT molecular complexity index is 626. The van der Waals surface area contributed by atoms with Crippen molar-refractivity contribution in [1.29, 1.82) is 0 Å². The maximum Gasteiger partial charge on any atom is 0.191 e. The second-order valence-electron chi connectivity index (χ2n) is 5.10. The fraction of sp³-hybridized carbons (Fsp3) is 0.278. The van der Waals surface area contributed by atoms with Crippen LogP contribution in [0.15, 0.2) is 53.5 Å². The van der Waals surface area contributed by atoms with Crippen LogP contribution in [0.2, 0.25) is 0 Å². The predicted molar refractivity (Wildman–Crippen MR) is 105 cm³/mol. The van der Waals surface area contributed by atoms with Gasteiger partial charge in [-0.25, -0.2) is 9.38 Å². The SMILES string of the molecule is CCNC(=NCc1ccc(F)cc1)NCc1ccccc1C.I. The van der Waals surface area contributed by atoms with Gasteiger partial charge in [-0.1, -0.05) is 36.4 Å². The standard InChI is InChI=1S/C18H22FN3.HI/c1-3-20-18(21-12-15-8-10-17(19)11-9-15)22-13-16-7-5-4-6-14(16)2;/h4-11H,3,12-13H2,1-2H3,(H2,20,21,22);1H. The number of benzene rings is 2. The summed E-state index contributed by atoms with van der Waals surface area (Å²) < 4.78 is 12.9. The molecule has 124 valence electrons. The summed E-state index contributed by atoms with van der Waals surface area (Å²) in [5.41, 5.74) is 3.48. The van der Waals surface area contributed by atoms with Crippen LogP contribution in [-0.2, 0) is 13.1 Å². The van der Waals surface area contributed by atoms with E-state index in [1.807, 2.05) is 19.1 Å². The molecule has 0 radical (unpaired) electrons. The maximum absolute atomic E-state index is 12.9. The highest BCUT2D eigenvalue weighted by Crippen LogP contribution is 2.06. The van der Waals surface area contributed by atoms with E-state index in [1.165, 1.54) is 23.3 Å². The van der Waals surface area contributed by atoms with Crippen LogP contribution in [0.1, 0.15) is 23.6 Å². The molecule has 23 heavy (non-hydrogen) atoms. The van der Waals surface area contributed by atoms with E-state index in [4.69, 9.17) is 0 Å².